The maximum atomic E-state index is 12.9. The van der Waals surface area contributed by atoms with Gasteiger partial charge in [-0.1, -0.05) is 25.1 Å². The van der Waals surface area contributed by atoms with Crippen LogP contribution in [-0.4, -0.2) is 48.8 Å². The molecule has 0 radical (unpaired) electrons. The second-order valence-electron chi connectivity index (χ2n) is 7.94. The largest absolute Gasteiger partial charge is 0.387 e. The van der Waals surface area contributed by atoms with Gasteiger partial charge in [0.1, 0.15) is 11.7 Å². The van der Waals surface area contributed by atoms with E-state index in [-0.39, 0.29) is 24.8 Å². The summed E-state index contributed by atoms with van der Waals surface area (Å²) in [7, 11) is 0. The first-order valence-electron chi connectivity index (χ1n) is 9.72. The first-order chi connectivity index (χ1) is 13.8. The van der Waals surface area contributed by atoms with Crippen LogP contribution in [-0.2, 0) is 16.1 Å². The van der Waals surface area contributed by atoms with E-state index < -0.39 is 18.1 Å². The van der Waals surface area contributed by atoms with Crippen molar-refractivity contribution in [1.29, 1.82) is 0 Å². The van der Waals surface area contributed by atoms with Crippen molar-refractivity contribution in [3.05, 3.63) is 41.2 Å². The average Bonchev–Trinajstić information content (AvgIpc) is 3.27. The second-order valence-corrected chi connectivity index (χ2v) is 7.94. The van der Waals surface area contributed by atoms with Crippen LogP contribution in [0, 0.1) is 5.92 Å². The van der Waals surface area contributed by atoms with Gasteiger partial charge in [0.15, 0.2) is 0 Å². The summed E-state index contributed by atoms with van der Waals surface area (Å²) < 4.78 is 1.55. The molecule has 1 aromatic heterocycles. The monoisotopic (exact) mass is 397 g/mol. The van der Waals surface area contributed by atoms with Gasteiger partial charge in [-0.05, 0) is 30.9 Å². The highest BCUT2D eigenvalue weighted by molar-refractivity contribution is 6.05. The predicted molar refractivity (Wildman–Crippen MR) is 102 cm³/mol. The Kier molecular flexibility index (Phi) is 4.91. The van der Waals surface area contributed by atoms with E-state index in [1.54, 1.807) is 23.0 Å². The van der Waals surface area contributed by atoms with Gasteiger partial charge in [-0.2, -0.15) is 0 Å². The van der Waals surface area contributed by atoms with Crippen LogP contribution >= 0.6 is 0 Å². The van der Waals surface area contributed by atoms with Gasteiger partial charge in [0.05, 0.1) is 18.0 Å². The number of carbonyl (C=O) groups is 3. The van der Waals surface area contributed by atoms with Crippen molar-refractivity contribution >= 4 is 17.7 Å². The Morgan fingerprint density at radius 1 is 1.28 bits per heavy atom. The van der Waals surface area contributed by atoms with E-state index in [0.29, 0.717) is 35.7 Å². The lowest BCUT2D eigenvalue weighted by Crippen LogP contribution is -2.52. The first-order valence-corrected chi connectivity index (χ1v) is 9.72. The summed E-state index contributed by atoms with van der Waals surface area (Å²) >= 11 is 0. The minimum atomic E-state index is -0.706. The summed E-state index contributed by atoms with van der Waals surface area (Å²) in [6.45, 7) is 4.29. The standard InChI is InChI=1S/C20H23N5O4/c1-11(2)8-17(26)14-10-25(23-22-14)15-5-3-4-12-13(15)9-24(20(12)29)16-6-7-18(27)21-19(16)28/h3-5,10-11,16-17,26H,6-9H2,1-2H3,(H,21,27,28). The summed E-state index contributed by atoms with van der Waals surface area (Å²) in [6, 6.07) is 4.64. The number of aliphatic hydroxyl groups is 1. The zero-order chi connectivity index (χ0) is 20.7. The predicted octanol–water partition coefficient (Wildman–Crippen LogP) is 1.11. The number of hydrogen-bond acceptors (Lipinski definition) is 6. The number of rotatable bonds is 5. The summed E-state index contributed by atoms with van der Waals surface area (Å²) in [5.74, 6) is -0.678. The van der Waals surface area contributed by atoms with E-state index in [2.05, 4.69) is 15.6 Å². The van der Waals surface area contributed by atoms with Gasteiger partial charge in [-0.15, -0.1) is 5.10 Å². The number of piperidine rings is 1. The van der Waals surface area contributed by atoms with Gasteiger partial charge < -0.3 is 10.0 Å². The number of fused-ring (bicyclic) bond motifs is 1. The molecule has 1 saturated heterocycles. The molecule has 3 heterocycles. The Labute approximate surface area is 167 Å². The topological polar surface area (TPSA) is 117 Å². The molecule has 0 bridgehead atoms. The van der Waals surface area contributed by atoms with E-state index in [4.69, 9.17) is 0 Å². The average molecular weight is 397 g/mol. The third kappa shape index (κ3) is 3.53. The van der Waals surface area contributed by atoms with E-state index in [1.165, 1.54) is 4.90 Å². The number of hydrogen-bond donors (Lipinski definition) is 2. The Morgan fingerprint density at radius 2 is 2.07 bits per heavy atom. The number of carbonyl (C=O) groups excluding carboxylic acids is 3. The molecule has 29 heavy (non-hydrogen) atoms. The molecule has 152 valence electrons. The zero-order valence-electron chi connectivity index (χ0n) is 16.3. The molecular weight excluding hydrogens is 374 g/mol. The number of aliphatic hydroxyl groups excluding tert-OH is 1. The number of nitrogens with one attached hydrogen (secondary N) is 1. The van der Waals surface area contributed by atoms with Gasteiger partial charge in [0.2, 0.25) is 11.8 Å². The lowest BCUT2D eigenvalue weighted by atomic mass is 10.0. The Bertz CT molecular complexity index is 983. The number of benzene rings is 1. The molecule has 9 heteroatoms. The summed E-state index contributed by atoms with van der Waals surface area (Å²) in [6.07, 6.45) is 2.06. The molecule has 3 amide bonds. The van der Waals surface area contributed by atoms with Gasteiger partial charge in [-0.3, -0.25) is 19.7 Å². The van der Waals surface area contributed by atoms with Crippen LogP contribution in [0.4, 0.5) is 0 Å². The van der Waals surface area contributed by atoms with E-state index in [0.717, 1.165) is 5.56 Å². The molecule has 0 spiro atoms. The zero-order valence-corrected chi connectivity index (χ0v) is 16.3. The smallest absolute Gasteiger partial charge is 0.255 e. The van der Waals surface area contributed by atoms with Gasteiger partial charge in [0, 0.05) is 24.1 Å². The van der Waals surface area contributed by atoms with Crippen molar-refractivity contribution in [2.24, 2.45) is 5.92 Å². The van der Waals surface area contributed by atoms with Crippen LogP contribution in [0.2, 0.25) is 0 Å². The highest BCUT2D eigenvalue weighted by Gasteiger charge is 2.40. The lowest BCUT2D eigenvalue weighted by Gasteiger charge is -2.29. The summed E-state index contributed by atoms with van der Waals surface area (Å²) in [5.41, 5.74) is 2.41. The molecule has 2 aliphatic heterocycles. The quantitative estimate of drug-likeness (QED) is 0.730. The van der Waals surface area contributed by atoms with Gasteiger partial charge in [0.25, 0.3) is 5.91 Å². The first kappa shape index (κ1) is 19.3. The van der Waals surface area contributed by atoms with Crippen molar-refractivity contribution < 1.29 is 19.5 Å². The molecule has 2 N–H and O–H groups in total. The lowest BCUT2D eigenvalue weighted by molar-refractivity contribution is -0.136. The van der Waals surface area contributed by atoms with Crippen molar-refractivity contribution in [2.75, 3.05) is 0 Å². The van der Waals surface area contributed by atoms with E-state index in [1.807, 2.05) is 19.9 Å². The number of imide groups is 1. The van der Waals surface area contributed by atoms with Gasteiger partial charge in [-0.25, -0.2) is 4.68 Å². The second kappa shape index (κ2) is 7.40. The molecule has 0 aliphatic carbocycles. The molecule has 0 saturated carbocycles. The molecule has 1 aromatic carbocycles. The van der Waals surface area contributed by atoms with Crippen molar-refractivity contribution in [2.45, 2.75) is 51.8 Å². The molecular formula is C20H23N5O4. The van der Waals surface area contributed by atoms with Gasteiger partial charge >= 0.3 is 0 Å². The maximum Gasteiger partial charge on any atom is 0.255 e. The highest BCUT2D eigenvalue weighted by Crippen LogP contribution is 2.31. The third-order valence-corrected chi connectivity index (χ3v) is 5.35. The normalized spacial score (nSPS) is 20.2. The fraction of sp³-hybridized carbons (Fsp3) is 0.450. The van der Waals surface area contributed by atoms with E-state index in [9.17, 15) is 19.5 Å². The SMILES string of the molecule is CC(C)CC(O)c1cn(-c2cccc3c2CN(C2CCC(=O)NC2=O)C3=O)nn1. The van der Waals surface area contributed by atoms with Crippen molar-refractivity contribution in [3.63, 3.8) is 0 Å². The fourth-order valence-corrected chi connectivity index (χ4v) is 3.90. The summed E-state index contributed by atoms with van der Waals surface area (Å²) in [5, 5.41) is 20.8. The number of nitrogens with zero attached hydrogens (tertiary/aromatic N) is 4. The van der Waals surface area contributed by atoms with Crippen LogP contribution in [0.15, 0.2) is 24.4 Å². The van der Waals surface area contributed by atoms with Crippen LogP contribution in [0.5, 0.6) is 0 Å². The molecule has 2 aliphatic rings. The molecule has 1 fully saturated rings. The van der Waals surface area contributed by atoms with Crippen LogP contribution < -0.4 is 5.32 Å². The van der Waals surface area contributed by atoms with Crippen LogP contribution in [0.25, 0.3) is 5.69 Å². The minimum absolute atomic E-state index is 0.212. The minimum Gasteiger partial charge on any atom is -0.387 e. The van der Waals surface area contributed by atoms with Crippen molar-refractivity contribution in [3.8, 4) is 5.69 Å². The molecule has 4 rings (SSSR count). The van der Waals surface area contributed by atoms with Crippen molar-refractivity contribution in [1.82, 2.24) is 25.2 Å². The maximum absolute atomic E-state index is 12.9. The molecule has 2 aromatic rings. The Morgan fingerprint density at radius 3 is 2.79 bits per heavy atom. The third-order valence-electron chi connectivity index (χ3n) is 5.35. The fourth-order valence-electron chi connectivity index (χ4n) is 3.90. The highest BCUT2D eigenvalue weighted by atomic mass is 16.3. The molecule has 9 nitrogen and oxygen atoms in total. The molecule has 2 unspecified atom stereocenters. The van der Waals surface area contributed by atoms with E-state index >= 15 is 0 Å². The summed E-state index contributed by atoms with van der Waals surface area (Å²) in [4.78, 5) is 38.1. The Hall–Kier alpha value is -3.07. The molecule has 2 atom stereocenters. The van der Waals surface area contributed by atoms with Crippen LogP contribution in [0.1, 0.15) is 60.8 Å². The number of amides is 3. The number of aromatic nitrogens is 3. The Balaban J connectivity index is 1.62. The van der Waals surface area contributed by atoms with Crippen LogP contribution in [0.3, 0.4) is 0 Å².